The predicted molar refractivity (Wildman–Crippen MR) is 218 cm³/mol. The summed E-state index contributed by atoms with van der Waals surface area (Å²) in [5.74, 6) is 0.534. The van der Waals surface area contributed by atoms with Crippen LogP contribution in [0.1, 0.15) is 84.5 Å². The molecule has 4 heterocycles. The fourth-order valence-corrected chi connectivity index (χ4v) is 7.50. The molecule has 4 aromatic rings. The second-order valence-corrected chi connectivity index (χ2v) is 15.0. The molecule has 2 aliphatic heterocycles. The average molecular weight is 803 g/mol. The summed E-state index contributed by atoms with van der Waals surface area (Å²) in [6.45, 7) is 10.6. The SMILES string of the molecule is COCCCOc1cc2c(cc1OC)-c1cc(=O)c(C(=O)O)cn1C(C(C)C)C2.COCCCOc1cc2c(cc1OC)-c1cc(=O)c(C(=O)O)cn1[C@H](C(C)C)C2. The molecule has 2 aromatic heterocycles. The first-order valence-corrected chi connectivity index (χ1v) is 19.4. The van der Waals surface area contributed by atoms with Gasteiger partial charge in [-0.25, -0.2) is 9.59 Å². The van der Waals surface area contributed by atoms with Crippen molar-refractivity contribution < 1.29 is 48.2 Å². The third-order valence-electron chi connectivity index (χ3n) is 10.6. The van der Waals surface area contributed by atoms with Gasteiger partial charge in [-0.2, -0.15) is 0 Å². The number of rotatable bonds is 16. The maximum absolute atomic E-state index is 12.4. The molecule has 0 amide bonds. The Morgan fingerprint density at radius 2 is 0.983 bits per heavy atom. The van der Waals surface area contributed by atoms with E-state index in [1.807, 2.05) is 33.4 Å². The third-order valence-corrected chi connectivity index (χ3v) is 10.6. The van der Waals surface area contributed by atoms with Gasteiger partial charge in [-0.05, 0) is 60.1 Å². The summed E-state index contributed by atoms with van der Waals surface area (Å²) in [4.78, 5) is 47.7. The van der Waals surface area contributed by atoms with Gasteiger partial charge in [0.15, 0.2) is 33.9 Å². The van der Waals surface area contributed by atoms with E-state index in [4.69, 9.17) is 28.4 Å². The van der Waals surface area contributed by atoms with Crippen LogP contribution < -0.4 is 29.8 Å². The summed E-state index contributed by atoms with van der Waals surface area (Å²) in [5.41, 5.74) is 3.78. The number of fused-ring (bicyclic) bond motifs is 6. The minimum Gasteiger partial charge on any atom is -0.493 e. The van der Waals surface area contributed by atoms with Crippen molar-refractivity contribution in [2.75, 3.05) is 54.9 Å². The van der Waals surface area contributed by atoms with E-state index in [2.05, 4.69) is 27.7 Å². The van der Waals surface area contributed by atoms with Gasteiger partial charge in [-0.1, -0.05) is 27.7 Å². The number of hydrogen-bond acceptors (Lipinski definition) is 10. The van der Waals surface area contributed by atoms with Crippen LogP contribution in [0.5, 0.6) is 23.0 Å². The molecule has 0 spiro atoms. The van der Waals surface area contributed by atoms with E-state index >= 15 is 0 Å². The smallest absolute Gasteiger partial charge is 0.341 e. The summed E-state index contributed by atoms with van der Waals surface area (Å²) in [6, 6.07) is 10.6. The predicted octanol–water partition coefficient (Wildman–Crippen LogP) is 6.78. The molecule has 2 aliphatic rings. The Bertz CT molecular complexity index is 2080. The lowest BCUT2D eigenvalue weighted by atomic mass is 9.87. The van der Waals surface area contributed by atoms with Crippen LogP contribution >= 0.6 is 0 Å². The van der Waals surface area contributed by atoms with Crippen molar-refractivity contribution >= 4 is 11.9 Å². The van der Waals surface area contributed by atoms with Crippen LogP contribution in [0.3, 0.4) is 0 Å². The highest BCUT2D eigenvalue weighted by atomic mass is 16.5. The highest BCUT2D eigenvalue weighted by Gasteiger charge is 2.31. The van der Waals surface area contributed by atoms with Gasteiger partial charge in [0.2, 0.25) is 0 Å². The molecule has 2 atom stereocenters. The standard InChI is InChI=1S/2C22H27NO6/c2*1-13(2)17-8-14-9-21(29-7-5-6-27-3)20(28-4)10-15(14)18-11-19(24)16(22(25)26)12-23(17)18/h2*9-13,17H,5-8H2,1-4H3,(H,25,26)/t17-;/m0./s1. The zero-order valence-corrected chi connectivity index (χ0v) is 34.5. The Kier molecular flexibility index (Phi) is 14.4. The van der Waals surface area contributed by atoms with Crippen LogP contribution in [0.25, 0.3) is 22.5 Å². The van der Waals surface area contributed by atoms with E-state index in [1.54, 1.807) is 28.4 Å². The number of aromatic carboxylic acids is 2. The molecule has 312 valence electrons. The van der Waals surface area contributed by atoms with E-state index in [0.29, 0.717) is 73.7 Å². The Hall–Kier alpha value is -5.60. The Balaban J connectivity index is 0.000000221. The second kappa shape index (κ2) is 19.2. The number of ether oxygens (including phenoxy) is 6. The van der Waals surface area contributed by atoms with Crippen LogP contribution in [0, 0.1) is 11.8 Å². The van der Waals surface area contributed by atoms with Crippen molar-refractivity contribution in [3.05, 3.63) is 91.5 Å². The molecule has 0 saturated heterocycles. The second-order valence-electron chi connectivity index (χ2n) is 15.0. The third kappa shape index (κ3) is 9.40. The lowest BCUT2D eigenvalue weighted by Gasteiger charge is -2.33. The first-order chi connectivity index (χ1) is 27.7. The Morgan fingerprint density at radius 3 is 1.29 bits per heavy atom. The zero-order chi connectivity index (χ0) is 42.3. The highest BCUT2D eigenvalue weighted by molar-refractivity contribution is 5.88. The molecule has 2 N–H and O–H groups in total. The topological polar surface area (TPSA) is 174 Å². The molecule has 0 saturated carbocycles. The summed E-state index contributed by atoms with van der Waals surface area (Å²) in [6.07, 6.45) is 5.88. The molecule has 0 fully saturated rings. The molecule has 1 unspecified atom stereocenters. The van der Waals surface area contributed by atoms with Crippen molar-refractivity contribution in [1.29, 1.82) is 0 Å². The van der Waals surface area contributed by atoms with Gasteiger partial charge in [0, 0.05) is 88.0 Å². The number of benzene rings is 2. The molecule has 0 aliphatic carbocycles. The van der Waals surface area contributed by atoms with Crippen LogP contribution in [0.2, 0.25) is 0 Å². The molecular formula is C44H54N2O12. The monoisotopic (exact) mass is 802 g/mol. The lowest BCUT2D eigenvalue weighted by molar-refractivity contribution is 0.0683. The summed E-state index contributed by atoms with van der Waals surface area (Å²) in [5, 5.41) is 18.7. The first kappa shape index (κ1) is 43.5. The van der Waals surface area contributed by atoms with Gasteiger partial charge in [0.05, 0.1) is 38.8 Å². The normalized spacial score (nSPS) is 15.0. The highest BCUT2D eigenvalue weighted by Crippen LogP contribution is 2.44. The van der Waals surface area contributed by atoms with Gasteiger partial charge in [-0.3, -0.25) is 9.59 Å². The van der Waals surface area contributed by atoms with Crippen LogP contribution in [0.15, 0.2) is 58.4 Å². The van der Waals surface area contributed by atoms with E-state index in [1.165, 1.54) is 24.5 Å². The largest absolute Gasteiger partial charge is 0.493 e. The van der Waals surface area contributed by atoms with Crippen LogP contribution in [-0.2, 0) is 22.3 Å². The minimum atomic E-state index is -1.21. The van der Waals surface area contributed by atoms with Crippen molar-refractivity contribution in [1.82, 2.24) is 9.13 Å². The van der Waals surface area contributed by atoms with Gasteiger partial charge >= 0.3 is 11.9 Å². The zero-order valence-electron chi connectivity index (χ0n) is 34.5. The maximum atomic E-state index is 12.4. The lowest BCUT2D eigenvalue weighted by Crippen LogP contribution is -2.28. The van der Waals surface area contributed by atoms with Crippen molar-refractivity contribution in [2.24, 2.45) is 11.8 Å². The van der Waals surface area contributed by atoms with E-state index < -0.39 is 22.8 Å². The fraction of sp³-hybridized carbons (Fsp3) is 0.455. The summed E-state index contributed by atoms with van der Waals surface area (Å²) < 4.78 is 36.8. The van der Waals surface area contributed by atoms with Crippen molar-refractivity contribution in [3.63, 3.8) is 0 Å². The first-order valence-electron chi connectivity index (χ1n) is 19.4. The molecule has 58 heavy (non-hydrogen) atoms. The van der Waals surface area contributed by atoms with Gasteiger partial charge in [-0.15, -0.1) is 0 Å². The van der Waals surface area contributed by atoms with Gasteiger partial charge < -0.3 is 47.8 Å². The van der Waals surface area contributed by atoms with Gasteiger partial charge in [0.25, 0.3) is 0 Å². The molecule has 0 bridgehead atoms. The number of nitrogens with zero attached hydrogens (tertiary/aromatic N) is 2. The minimum absolute atomic E-state index is 0.0333. The number of methoxy groups -OCH3 is 4. The Morgan fingerprint density at radius 1 is 0.603 bits per heavy atom. The van der Waals surface area contributed by atoms with Gasteiger partial charge in [0.1, 0.15) is 11.1 Å². The maximum Gasteiger partial charge on any atom is 0.341 e. The number of carboxylic acid groups (broad SMARTS) is 2. The molecule has 6 rings (SSSR count). The quantitative estimate of drug-likeness (QED) is 0.114. The molecule has 14 nitrogen and oxygen atoms in total. The number of carbonyl (C=O) groups is 2. The van der Waals surface area contributed by atoms with Crippen molar-refractivity contribution in [2.45, 2.75) is 65.5 Å². The fourth-order valence-electron chi connectivity index (χ4n) is 7.50. The average Bonchev–Trinajstić information content (AvgIpc) is 3.19. The summed E-state index contributed by atoms with van der Waals surface area (Å²) in [7, 11) is 6.45. The molecule has 14 heteroatoms. The number of aromatic nitrogens is 2. The van der Waals surface area contributed by atoms with Crippen LogP contribution in [-0.4, -0.2) is 86.2 Å². The van der Waals surface area contributed by atoms with Crippen LogP contribution in [0.4, 0.5) is 0 Å². The summed E-state index contributed by atoms with van der Waals surface area (Å²) >= 11 is 0. The molecule has 0 radical (unpaired) electrons. The number of hydrogen-bond donors (Lipinski definition) is 2. The molecular weight excluding hydrogens is 748 g/mol. The Labute approximate surface area is 337 Å². The van der Waals surface area contributed by atoms with Crippen molar-refractivity contribution in [3.8, 4) is 45.5 Å². The number of carboxylic acids is 2. The van der Waals surface area contributed by atoms with E-state index in [0.717, 1.165) is 35.1 Å². The van der Waals surface area contributed by atoms with E-state index in [-0.39, 0.29) is 35.0 Å². The number of pyridine rings is 2. The molecule has 2 aromatic carbocycles. The van der Waals surface area contributed by atoms with E-state index in [9.17, 15) is 29.4 Å².